The lowest BCUT2D eigenvalue weighted by Crippen LogP contribution is -2.41. The van der Waals surface area contributed by atoms with Gasteiger partial charge in [0.15, 0.2) is 0 Å². The molecule has 0 radical (unpaired) electrons. The number of rotatable bonds is 22. The second-order valence-corrected chi connectivity index (χ2v) is 8.55. The van der Waals surface area contributed by atoms with E-state index in [9.17, 15) is 10.2 Å². The third-order valence-corrected chi connectivity index (χ3v) is 5.35. The Morgan fingerprint density at radius 3 is 1.93 bits per heavy atom. The van der Waals surface area contributed by atoms with Crippen molar-refractivity contribution in [3.8, 4) is 0 Å². The minimum absolute atomic E-state index is 0.407. The standard InChI is InChI=1S/C23H51N3O4/c1-6-8-15-29-19-22(27)17-25(4)14-10-11-21(12-13-24-3)26(5)18-23(28)20-30-16-9-7-2/h21-24,27-28H,6-20H2,1-5H3. The Morgan fingerprint density at radius 2 is 1.40 bits per heavy atom. The van der Waals surface area contributed by atoms with Crippen LogP contribution < -0.4 is 5.32 Å². The van der Waals surface area contributed by atoms with E-state index in [0.717, 1.165) is 71.2 Å². The van der Waals surface area contributed by atoms with E-state index in [1.54, 1.807) is 0 Å². The van der Waals surface area contributed by atoms with Crippen LogP contribution in [0, 0.1) is 0 Å². The molecule has 7 heteroatoms. The van der Waals surface area contributed by atoms with Gasteiger partial charge >= 0.3 is 0 Å². The number of hydrogen-bond donors (Lipinski definition) is 3. The Hall–Kier alpha value is -0.280. The molecule has 182 valence electrons. The molecule has 0 aliphatic heterocycles. The maximum Gasteiger partial charge on any atom is 0.0900 e. The maximum absolute atomic E-state index is 10.3. The molecule has 0 spiro atoms. The Bertz CT molecular complexity index is 363. The van der Waals surface area contributed by atoms with Crippen LogP contribution >= 0.6 is 0 Å². The molecule has 7 nitrogen and oxygen atoms in total. The van der Waals surface area contributed by atoms with Gasteiger partial charge in [-0.05, 0) is 66.3 Å². The molecular formula is C23H51N3O4. The van der Waals surface area contributed by atoms with Gasteiger partial charge in [-0.15, -0.1) is 0 Å². The summed E-state index contributed by atoms with van der Waals surface area (Å²) in [5, 5.41) is 23.6. The lowest BCUT2D eigenvalue weighted by Gasteiger charge is -2.30. The number of ether oxygens (including phenoxy) is 2. The van der Waals surface area contributed by atoms with Crippen LogP contribution in [0.25, 0.3) is 0 Å². The van der Waals surface area contributed by atoms with Crippen LogP contribution in [0.2, 0.25) is 0 Å². The van der Waals surface area contributed by atoms with E-state index in [4.69, 9.17) is 9.47 Å². The van der Waals surface area contributed by atoms with E-state index in [1.165, 1.54) is 0 Å². The first kappa shape index (κ1) is 29.7. The monoisotopic (exact) mass is 433 g/mol. The molecule has 0 heterocycles. The van der Waals surface area contributed by atoms with Gasteiger partial charge in [0, 0.05) is 32.3 Å². The molecule has 0 aromatic carbocycles. The van der Waals surface area contributed by atoms with E-state index in [0.29, 0.717) is 32.3 Å². The lowest BCUT2D eigenvalue weighted by molar-refractivity contribution is 0.0108. The first-order valence-electron chi connectivity index (χ1n) is 12.0. The summed E-state index contributed by atoms with van der Waals surface area (Å²) in [7, 11) is 6.13. The molecular weight excluding hydrogens is 382 g/mol. The largest absolute Gasteiger partial charge is 0.389 e. The topological polar surface area (TPSA) is 77.4 Å². The Morgan fingerprint density at radius 1 is 0.833 bits per heavy atom. The molecule has 0 aromatic heterocycles. The Balaban J connectivity index is 4.19. The number of nitrogens with zero attached hydrogens (tertiary/aromatic N) is 2. The predicted octanol–water partition coefficient (Wildman–Crippen LogP) is 1.96. The van der Waals surface area contributed by atoms with E-state index >= 15 is 0 Å². The second kappa shape index (κ2) is 20.6. The van der Waals surface area contributed by atoms with Gasteiger partial charge < -0.3 is 34.8 Å². The van der Waals surface area contributed by atoms with E-state index in [2.05, 4.69) is 43.1 Å². The number of unbranched alkanes of at least 4 members (excludes halogenated alkanes) is 2. The summed E-state index contributed by atoms with van der Waals surface area (Å²) in [6, 6.07) is 0.415. The quantitative estimate of drug-likeness (QED) is 0.225. The molecule has 0 saturated heterocycles. The molecule has 0 aliphatic carbocycles. The van der Waals surface area contributed by atoms with Crippen molar-refractivity contribution >= 4 is 0 Å². The zero-order valence-electron chi connectivity index (χ0n) is 20.4. The summed E-state index contributed by atoms with van der Waals surface area (Å²) in [5.41, 5.74) is 0. The number of likely N-dealkylation sites (N-methyl/N-ethyl adjacent to an activating group) is 2. The normalized spacial score (nSPS) is 15.1. The molecule has 3 atom stereocenters. The molecule has 0 bridgehead atoms. The van der Waals surface area contributed by atoms with E-state index in [1.807, 2.05) is 7.05 Å². The number of hydrogen-bond acceptors (Lipinski definition) is 7. The average molecular weight is 434 g/mol. The summed E-state index contributed by atoms with van der Waals surface area (Å²) < 4.78 is 11.1. The van der Waals surface area contributed by atoms with E-state index < -0.39 is 12.2 Å². The molecule has 0 aliphatic rings. The third-order valence-electron chi connectivity index (χ3n) is 5.35. The van der Waals surface area contributed by atoms with Crippen molar-refractivity contribution in [1.29, 1.82) is 0 Å². The van der Waals surface area contributed by atoms with Crippen molar-refractivity contribution in [3.05, 3.63) is 0 Å². The van der Waals surface area contributed by atoms with Gasteiger partial charge in [-0.3, -0.25) is 0 Å². The molecule has 0 rings (SSSR count). The molecule has 30 heavy (non-hydrogen) atoms. The maximum atomic E-state index is 10.3. The van der Waals surface area contributed by atoms with Crippen LogP contribution in [0.5, 0.6) is 0 Å². The number of aliphatic hydroxyl groups is 2. The first-order chi connectivity index (χ1) is 14.4. The van der Waals surface area contributed by atoms with Crippen molar-refractivity contribution in [3.63, 3.8) is 0 Å². The molecule has 0 aromatic rings. The van der Waals surface area contributed by atoms with Crippen LogP contribution in [-0.4, -0.2) is 112 Å². The summed E-state index contributed by atoms with van der Waals surface area (Å²) in [4.78, 5) is 4.45. The van der Waals surface area contributed by atoms with Gasteiger partial charge in [0.1, 0.15) is 0 Å². The highest BCUT2D eigenvalue weighted by Gasteiger charge is 2.18. The molecule has 3 N–H and O–H groups in total. The zero-order valence-corrected chi connectivity index (χ0v) is 20.4. The average Bonchev–Trinajstić information content (AvgIpc) is 2.71. The highest BCUT2D eigenvalue weighted by molar-refractivity contribution is 4.74. The second-order valence-electron chi connectivity index (χ2n) is 8.55. The van der Waals surface area contributed by atoms with Gasteiger partial charge in [0.25, 0.3) is 0 Å². The SMILES string of the molecule is CCCCOCC(O)CN(C)CCCC(CCNC)N(C)CC(O)COCCCC. The van der Waals surface area contributed by atoms with Crippen LogP contribution in [0.4, 0.5) is 0 Å². The van der Waals surface area contributed by atoms with Gasteiger partial charge in [-0.2, -0.15) is 0 Å². The highest BCUT2D eigenvalue weighted by atomic mass is 16.5. The Kier molecular flexibility index (Phi) is 20.4. The van der Waals surface area contributed by atoms with Crippen molar-refractivity contribution in [2.24, 2.45) is 0 Å². The fraction of sp³-hybridized carbons (Fsp3) is 1.00. The van der Waals surface area contributed by atoms with Crippen LogP contribution in [-0.2, 0) is 9.47 Å². The van der Waals surface area contributed by atoms with Gasteiger partial charge in [-0.25, -0.2) is 0 Å². The number of aliphatic hydroxyl groups excluding tert-OH is 2. The van der Waals surface area contributed by atoms with Crippen molar-refractivity contribution in [2.45, 2.75) is 77.0 Å². The zero-order chi connectivity index (χ0) is 22.6. The van der Waals surface area contributed by atoms with Gasteiger partial charge in [0.05, 0.1) is 25.4 Å². The smallest absolute Gasteiger partial charge is 0.0900 e. The lowest BCUT2D eigenvalue weighted by atomic mass is 10.1. The number of nitrogens with one attached hydrogen (secondary N) is 1. The summed E-state index contributed by atoms with van der Waals surface area (Å²) in [5.74, 6) is 0. The minimum Gasteiger partial charge on any atom is -0.389 e. The first-order valence-corrected chi connectivity index (χ1v) is 12.0. The van der Waals surface area contributed by atoms with Gasteiger partial charge in [-0.1, -0.05) is 26.7 Å². The molecule has 3 unspecified atom stereocenters. The fourth-order valence-electron chi connectivity index (χ4n) is 3.46. The third kappa shape index (κ3) is 17.4. The van der Waals surface area contributed by atoms with Crippen molar-refractivity contribution in [2.75, 3.05) is 73.7 Å². The van der Waals surface area contributed by atoms with Crippen LogP contribution in [0.1, 0.15) is 58.8 Å². The van der Waals surface area contributed by atoms with Crippen LogP contribution in [0.3, 0.4) is 0 Å². The van der Waals surface area contributed by atoms with Crippen molar-refractivity contribution in [1.82, 2.24) is 15.1 Å². The Labute approximate surface area is 186 Å². The minimum atomic E-state index is -0.450. The van der Waals surface area contributed by atoms with Crippen LogP contribution in [0.15, 0.2) is 0 Å². The highest BCUT2D eigenvalue weighted by Crippen LogP contribution is 2.11. The molecule has 0 amide bonds. The van der Waals surface area contributed by atoms with Gasteiger partial charge in [0.2, 0.25) is 0 Å². The summed E-state index contributed by atoms with van der Waals surface area (Å²) in [6.07, 6.45) is 6.60. The summed E-state index contributed by atoms with van der Waals surface area (Å²) >= 11 is 0. The van der Waals surface area contributed by atoms with E-state index in [-0.39, 0.29) is 0 Å². The fourth-order valence-corrected chi connectivity index (χ4v) is 3.46. The van der Waals surface area contributed by atoms with Crippen molar-refractivity contribution < 1.29 is 19.7 Å². The molecule has 0 fully saturated rings. The predicted molar refractivity (Wildman–Crippen MR) is 125 cm³/mol. The molecule has 0 saturated carbocycles. The summed E-state index contributed by atoms with van der Waals surface area (Å²) in [6.45, 7) is 9.71.